The molecule has 0 aromatic heterocycles. The van der Waals surface area contributed by atoms with Crippen LogP contribution < -0.4 is 5.32 Å². The molecule has 146 valence electrons. The van der Waals surface area contributed by atoms with Gasteiger partial charge in [0.1, 0.15) is 5.70 Å². The fraction of sp³-hybridized carbons (Fsp3) is 0.476. The van der Waals surface area contributed by atoms with E-state index >= 15 is 0 Å². The lowest BCUT2D eigenvalue weighted by atomic mass is 9.94. The summed E-state index contributed by atoms with van der Waals surface area (Å²) in [7, 11) is 0. The van der Waals surface area contributed by atoms with Crippen LogP contribution in [0.4, 0.5) is 0 Å². The van der Waals surface area contributed by atoms with Crippen LogP contribution in [0.1, 0.15) is 51.5 Å². The molecule has 0 radical (unpaired) electrons. The van der Waals surface area contributed by atoms with Gasteiger partial charge >= 0.3 is 5.97 Å². The molecule has 1 saturated carbocycles. The van der Waals surface area contributed by atoms with Crippen molar-refractivity contribution in [1.82, 2.24) is 10.2 Å². The first-order chi connectivity index (χ1) is 13.0. The lowest BCUT2D eigenvalue weighted by Crippen LogP contribution is -2.43. The van der Waals surface area contributed by atoms with Crippen molar-refractivity contribution in [3.63, 3.8) is 0 Å². The second-order valence-corrected chi connectivity index (χ2v) is 6.70. The molecule has 1 aromatic rings. The minimum absolute atomic E-state index is 0.0159. The number of esters is 1. The Morgan fingerprint density at radius 1 is 1.15 bits per heavy atom. The first-order valence-electron chi connectivity index (χ1n) is 9.52. The zero-order valence-corrected chi connectivity index (χ0v) is 16.1. The highest BCUT2D eigenvalue weighted by Gasteiger charge is 2.25. The molecule has 1 aliphatic rings. The Balaban J connectivity index is 2.00. The molecule has 0 spiro atoms. The van der Waals surface area contributed by atoms with Crippen LogP contribution in [-0.2, 0) is 19.1 Å². The Labute approximate surface area is 160 Å². The van der Waals surface area contributed by atoms with E-state index in [-0.39, 0.29) is 30.2 Å². The van der Waals surface area contributed by atoms with Crippen LogP contribution in [0, 0.1) is 0 Å². The standard InChI is InChI=1S/C21H28N2O4/c1-3-23(18-12-8-5-9-13-18)20(25)15-27-21(26)19(22-16(2)24)14-17-10-6-4-7-11-17/h4,6-7,10-11,14,18H,3,5,8-9,12-13,15H2,1-2H3,(H,22,24)/b19-14-. The van der Waals surface area contributed by atoms with Gasteiger partial charge in [-0.1, -0.05) is 49.6 Å². The maximum Gasteiger partial charge on any atom is 0.355 e. The zero-order chi connectivity index (χ0) is 19.6. The SMILES string of the molecule is CCN(C(=O)COC(=O)/C(=C/c1ccccc1)NC(C)=O)C1CCCCC1. The molecule has 0 saturated heterocycles. The number of ether oxygens (including phenoxy) is 1. The zero-order valence-electron chi connectivity index (χ0n) is 16.1. The summed E-state index contributed by atoms with van der Waals surface area (Å²) in [6.45, 7) is 3.53. The van der Waals surface area contributed by atoms with E-state index in [1.165, 1.54) is 19.4 Å². The average molecular weight is 372 g/mol. The van der Waals surface area contributed by atoms with Crippen LogP contribution in [0.3, 0.4) is 0 Å². The average Bonchev–Trinajstić information content (AvgIpc) is 2.67. The van der Waals surface area contributed by atoms with Gasteiger partial charge in [-0.15, -0.1) is 0 Å². The van der Waals surface area contributed by atoms with Gasteiger partial charge in [0.2, 0.25) is 5.91 Å². The largest absolute Gasteiger partial charge is 0.451 e. The Morgan fingerprint density at radius 3 is 2.41 bits per heavy atom. The smallest absolute Gasteiger partial charge is 0.355 e. The van der Waals surface area contributed by atoms with Crippen molar-refractivity contribution in [1.29, 1.82) is 0 Å². The third-order valence-electron chi connectivity index (χ3n) is 4.64. The van der Waals surface area contributed by atoms with Crippen LogP contribution in [-0.4, -0.2) is 41.9 Å². The molecule has 0 unspecified atom stereocenters. The Bertz CT molecular complexity index is 679. The van der Waals surface area contributed by atoms with Gasteiger partial charge in [-0.05, 0) is 31.4 Å². The van der Waals surface area contributed by atoms with Crippen molar-refractivity contribution in [2.75, 3.05) is 13.2 Å². The van der Waals surface area contributed by atoms with E-state index in [1.54, 1.807) is 4.90 Å². The molecular formula is C21H28N2O4. The van der Waals surface area contributed by atoms with Crippen LogP contribution in [0.25, 0.3) is 6.08 Å². The highest BCUT2D eigenvalue weighted by atomic mass is 16.5. The summed E-state index contributed by atoms with van der Waals surface area (Å²) in [5.74, 6) is -1.29. The summed E-state index contributed by atoms with van der Waals surface area (Å²) in [4.78, 5) is 38.1. The molecule has 1 aliphatic carbocycles. The van der Waals surface area contributed by atoms with Gasteiger partial charge in [-0.3, -0.25) is 9.59 Å². The van der Waals surface area contributed by atoms with Crippen molar-refractivity contribution in [3.05, 3.63) is 41.6 Å². The van der Waals surface area contributed by atoms with E-state index in [9.17, 15) is 14.4 Å². The van der Waals surface area contributed by atoms with E-state index in [0.29, 0.717) is 6.54 Å². The van der Waals surface area contributed by atoms with Gasteiger partial charge in [0.05, 0.1) is 0 Å². The van der Waals surface area contributed by atoms with Crippen molar-refractivity contribution in [3.8, 4) is 0 Å². The molecule has 0 atom stereocenters. The van der Waals surface area contributed by atoms with Gasteiger partial charge in [0, 0.05) is 19.5 Å². The lowest BCUT2D eigenvalue weighted by molar-refractivity contribution is -0.150. The van der Waals surface area contributed by atoms with Gasteiger partial charge in [0.25, 0.3) is 5.91 Å². The van der Waals surface area contributed by atoms with Crippen molar-refractivity contribution >= 4 is 23.9 Å². The highest BCUT2D eigenvalue weighted by Crippen LogP contribution is 2.22. The number of benzene rings is 1. The predicted octanol–water partition coefficient (Wildman–Crippen LogP) is 2.89. The lowest BCUT2D eigenvalue weighted by Gasteiger charge is -2.33. The Morgan fingerprint density at radius 2 is 1.81 bits per heavy atom. The molecule has 27 heavy (non-hydrogen) atoms. The molecule has 6 nitrogen and oxygen atoms in total. The number of hydrogen-bond acceptors (Lipinski definition) is 4. The third-order valence-corrected chi connectivity index (χ3v) is 4.64. The third kappa shape index (κ3) is 6.55. The molecular weight excluding hydrogens is 344 g/mol. The summed E-state index contributed by atoms with van der Waals surface area (Å²) < 4.78 is 5.20. The maximum atomic E-state index is 12.5. The van der Waals surface area contributed by atoms with E-state index in [0.717, 1.165) is 31.2 Å². The van der Waals surface area contributed by atoms with Gasteiger partial charge < -0.3 is 15.0 Å². The maximum absolute atomic E-state index is 12.5. The van der Waals surface area contributed by atoms with Crippen LogP contribution >= 0.6 is 0 Å². The van der Waals surface area contributed by atoms with E-state index < -0.39 is 5.97 Å². The normalized spacial score (nSPS) is 15.1. The molecule has 0 bridgehead atoms. The number of likely N-dealkylation sites (N-methyl/N-ethyl adjacent to an activating group) is 1. The van der Waals surface area contributed by atoms with E-state index in [4.69, 9.17) is 4.74 Å². The Hall–Kier alpha value is -2.63. The summed E-state index contributed by atoms with van der Waals surface area (Å²) in [6, 6.07) is 9.36. The van der Waals surface area contributed by atoms with Gasteiger partial charge in [-0.2, -0.15) is 0 Å². The second kappa shape index (κ2) is 10.5. The van der Waals surface area contributed by atoms with Gasteiger partial charge in [-0.25, -0.2) is 4.79 Å². The monoisotopic (exact) mass is 372 g/mol. The predicted molar refractivity (Wildman–Crippen MR) is 103 cm³/mol. The molecule has 6 heteroatoms. The molecule has 2 rings (SSSR count). The van der Waals surface area contributed by atoms with E-state index in [1.807, 2.05) is 37.3 Å². The molecule has 2 amide bonds. The number of amides is 2. The number of rotatable bonds is 7. The second-order valence-electron chi connectivity index (χ2n) is 6.70. The molecule has 1 fully saturated rings. The van der Waals surface area contributed by atoms with Crippen LogP contribution in [0.15, 0.2) is 36.0 Å². The number of nitrogens with zero attached hydrogens (tertiary/aromatic N) is 1. The van der Waals surface area contributed by atoms with Crippen molar-refractivity contribution in [2.24, 2.45) is 0 Å². The van der Waals surface area contributed by atoms with Crippen LogP contribution in [0.5, 0.6) is 0 Å². The minimum atomic E-state index is -0.720. The number of nitrogens with one attached hydrogen (secondary N) is 1. The fourth-order valence-electron chi connectivity index (χ4n) is 3.37. The quantitative estimate of drug-likeness (QED) is 0.590. The molecule has 0 heterocycles. The first kappa shape index (κ1) is 20.7. The summed E-state index contributed by atoms with van der Waals surface area (Å²) in [6.07, 6.45) is 6.99. The number of hydrogen-bond donors (Lipinski definition) is 1. The molecule has 1 N–H and O–H groups in total. The van der Waals surface area contributed by atoms with Crippen LogP contribution in [0.2, 0.25) is 0 Å². The fourth-order valence-corrected chi connectivity index (χ4v) is 3.37. The first-order valence-corrected chi connectivity index (χ1v) is 9.52. The molecule has 0 aliphatic heterocycles. The summed E-state index contributed by atoms with van der Waals surface area (Å²) in [5, 5.41) is 2.48. The number of carbonyl (C=O) groups excluding carboxylic acids is 3. The Kier molecular flexibility index (Phi) is 8.04. The minimum Gasteiger partial charge on any atom is -0.451 e. The van der Waals surface area contributed by atoms with E-state index in [2.05, 4.69) is 5.32 Å². The summed E-state index contributed by atoms with van der Waals surface area (Å²) in [5.41, 5.74) is 0.768. The summed E-state index contributed by atoms with van der Waals surface area (Å²) >= 11 is 0. The molecule has 1 aromatic carbocycles. The van der Waals surface area contributed by atoms with Gasteiger partial charge in [0.15, 0.2) is 6.61 Å². The highest BCUT2D eigenvalue weighted by molar-refractivity contribution is 5.98. The van der Waals surface area contributed by atoms with Crippen molar-refractivity contribution in [2.45, 2.75) is 52.0 Å². The topological polar surface area (TPSA) is 75.7 Å². The number of carbonyl (C=O) groups is 3. The van der Waals surface area contributed by atoms with Crippen molar-refractivity contribution < 1.29 is 19.1 Å².